The number of amides is 3. The van der Waals surface area contributed by atoms with Crippen LogP contribution in [0.4, 0.5) is 10.5 Å². The standard InChI is InChI=1S/C18H17ClN2O3/c1-12-8-9-15(10-16(12)19)20-13(2)17(22)21(18(20)23)24-11-14-6-4-3-5-7-14/h3-10,13H,11H2,1-2H3. The molecule has 0 aliphatic carbocycles. The fourth-order valence-corrected chi connectivity index (χ4v) is 2.71. The normalized spacial score (nSPS) is 17.7. The van der Waals surface area contributed by atoms with E-state index in [0.29, 0.717) is 10.7 Å². The maximum atomic E-state index is 12.6. The third-order valence-electron chi connectivity index (χ3n) is 3.96. The molecule has 1 atom stereocenters. The van der Waals surface area contributed by atoms with Crippen LogP contribution >= 0.6 is 11.6 Å². The van der Waals surface area contributed by atoms with Gasteiger partial charge < -0.3 is 0 Å². The molecule has 2 aromatic rings. The lowest BCUT2D eigenvalue weighted by Crippen LogP contribution is -2.33. The highest BCUT2D eigenvalue weighted by atomic mass is 35.5. The molecule has 1 fully saturated rings. The van der Waals surface area contributed by atoms with E-state index in [4.69, 9.17) is 16.4 Å². The number of carbonyl (C=O) groups excluding carboxylic acids is 2. The molecule has 1 aliphatic rings. The zero-order chi connectivity index (χ0) is 17.3. The van der Waals surface area contributed by atoms with E-state index >= 15 is 0 Å². The Kier molecular flexibility index (Phi) is 4.55. The van der Waals surface area contributed by atoms with Gasteiger partial charge in [0.15, 0.2) is 0 Å². The van der Waals surface area contributed by atoms with E-state index in [0.717, 1.165) is 16.2 Å². The second-order valence-electron chi connectivity index (χ2n) is 5.65. The lowest BCUT2D eigenvalue weighted by Gasteiger charge is -2.19. The maximum absolute atomic E-state index is 12.6. The third kappa shape index (κ3) is 3.00. The predicted octanol–water partition coefficient (Wildman–Crippen LogP) is 3.94. The van der Waals surface area contributed by atoms with Gasteiger partial charge in [0.25, 0.3) is 5.91 Å². The predicted molar refractivity (Wildman–Crippen MR) is 91.6 cm³/mol. The summed E-state index contributed by atoms with van der Waals surface area (Å²) in [5.41, 5.74) is 2.35. The molecule has 0 aromatic heterocycles. The van der Waals surface area contributed by atoms with Crippen LogP contribution in [-0.2, 0) is 16.2 Å². The number of urea groups is 1. The number of halogens is 1. The summed E-state index contributed by atoms with van der Waals surface area (Å²) in [4.78, 5) is 31.8. The van der Waals surface area contributed by atoms with Gasteiger partial charge in [-0.25, -0.2) is 4.79 Å². The van der Waals surface area contributed by atoms with Crippen LogP contribution in [0.3, 0.4) is 0 Å². The highest BCUT2D eigenvalue weighted by Gasteiger charge is 2.44. The molecule has 3 rings (SSSR count). The van der Waals surface area contributed by atoms with Gasteiger partial charge in [0.1, 0.15) is 12.6 Å². The first-order valence-corrected chi connectivity index (χ1v) is 7.97. The molecule has 0 spiro atoms. The highest BCUT2D eigenvalue weighted by molar-refractivity contribution is 6.31. The average molecular weight is 345 g/mol. The van der Waals surface area contributed by atoms with Crippen LogP contribution in [0.25, 0.3) is 0 Å². The Morgan fingerprint density at radius 3 is 2.50 bits per heavy atom. The van der Waals surface area contributed by atoms with Gasteiger partial charge in [-0.2, -0.15) is 0 Å². The topological polar surface area (TPSA) is 49.9 Å². The van der Waals surface area contributed by atoms with E-state index in [9.17, 15) is 9.59 Å². The molecule has 24 heavy (non-hydrogen) atoms. The molecular weight excluding hydrogens is 328 g/mol. The van der Waals surface area contributed by atoms with Crippen molar-refractivity contribution in [2.75, 3.05) is 4.90 Å². The fourth-order valence-electron chi connectivity index (χ4n) is 2.54. The molecule has 1 aliphatic heterocycles. The van der Waals surface area contributed by atoms with Gasteiger partial charge in [-0.3, -0.25) is 14.5 Å². The number of benzene rings is 2. The van der Waals surface area contributed by atoms with Crippen molar-refractivity contribution in [3.8, 4) is 0 Å². The third-order valence-corrected chi connectivity index (χ3v) is 4.37. The summed E-state index contributed by atoms with van der Waals surface area (Å²) >= 11 is 6.13. The van der Waals surface area contributed by atoms with Crippen LogP contribution in [0.15, 0.2) is 48.5 Å². The lowest BCUT2D eigenvalue weighted by molar-refractivity contribution is -0.166. The number of carbonyl (C=O) groups is 2. The summed E-state index contributed by atoms with van der Waals surface area (Å²) in [5.74, 6) is -0.396. The molecule has 1 saturated heterocycles. The molecule has 0 N–H and O–H groups in total. The van der Waals surface area contributed by atoms with Crippen molar-refractivity contribution in [2.45, 2.75) is 26.5 Å². The molecule has 0 radical (unpaired) electrons. The molecule has 0 bridgehead atoms. The Balaban J connectivity index is 1.79. The first kappa shape index (κ1) is 16.5. The monoisotopic (exact) mass is 344 g/mol. The molecule has 124 valence electrons. The van der Waals surface area contributed by atoms with Crippen LogP contribution in [0, 0.1) is 6.92 Å². The smallest absolute Gasteiger partial charge is 0.280 e. The summed E-state index contributed by atoms with van der Waals surface area (Å²) in [5, 5.41) is 1.37. The van der Waals surface area contributed by atoms with Gasteiger partial charge in [0.2, 0.25) is 0 Å². The first-order valence-electron chi connectivity index (χ1n) is 7.59. The Hall–Kier alpha value is -2.37. The fraction of sp³-hybridized carbons (Fsp3) is 0.222. The Bertz CT molecular complexity index is 779. The van der Waals surface area contributed by atoms with Crippen LogP contribution in [0.1, 0.15) is 18.1 Å². The summed E-state index contributed by atoms with van der Waals surface area (Å²) in [6.45, 7) is 3.69. The van der Waals surface area contributed by atoms with Crippen LogP contribution in [-0.4, -0.2) is 23.0 Å². The highest BCUT2D eigenvalue weighted by Crippen LogP contribution is 2.29. The largest absolute Gasteiger partial charge is 0.356 e. The van der Waals surface area contributed by atoms with E-state index in [-0.39, 0.29) is 6.61 Å². The van der Waals surface area contributed by atoms with Crippen molar-refractivity contribution in [3.63, 3.8) is 0 Å². The quantitative estimate of drug-likeness (QED) is 0.789. The van der Waals surface area contributed by atoms with Gasteiger partial charge in [-0.15, -0.1) is 5.06 Å². The zero-order valence-electron chi connectivity index (χ0n) is 13.4. The summed E-state index contributed by atoms with van der Waals surface area (Å²) < 4.78 is 0. The molecule has 6 heteroatoms. The minimum absolute atomic E-state index is 0.146. The second kappa shape index (κ2) is 6.63. The number of hydrogen-bond donors (Lipinski definition) is 0. The second-order valence-corrected chi connectivity index (χ2v) is 6.06. The van der Waals surface area contributed by atoms with Crippen molar-refractivity contribution < 1.29 is 14.4 Å². The number of nitrogens with zero attached hydrogens (tertiary/aromatic N) is 2. The minimum atomic E-state index is -0.646. The van der Waals surface area contributed by atoms with Gasteiger partial charge in [-0.05, 0) is 37.1 Å². The number of hydroxylamine groups is 2. The van der Waals surface area contributed by atoms with Gasteiger partial charge in [0, 0.05) is 10.7 Å². The lowest BCUT2D eigenvalue weighted by atomic mass is 10.2. The Morgan fingerprint density at radius 1 is 1.12 bits per heavy atom. The van der Waals surface area contributed by atoms with Crippen molar-refractivity contribution in [2.24, 2.45) is 0 Å². The van der Waals surface area contributed by atoms with E-state index in [1.807, 2.05) is 43.3 Å². The number of rotatable bonds is 4. The van der Waals surface area contributed by atoms with Crippen LogP contribution in [0.5, 0.6) is 0 Å². The molecule has 1 unspecified atom stereocenters. The summed E-state index contributed by atoms with van der Waals surface area (Å²) in [6, 6.07) is 13.5. The van der Waals surface area contributed by atoms with Crippen LogP contribution < -0.4 is 4.90 Å². The summed E-state index contributed by atoms with van der Waals surface area (Å²) in [6.07, 6.45) is 0. The van der Waals surface area contributed by atoms with E-state index in [2.05, 4.69) is 0 Å². The van der Waals surface area contributed by atoms with E-state index in [1.165, 1.54) is 4.90 Å². The molecule has 3 amide bonds. The van der Waals surface area contributed by atoms with Crippen LogP contribution in [0.2, 0.25) is 5.02 Å². The zero-order valence-corrected chi connectivity index (χ0v) is 14.2. The number of aryl methyl sites for hydroxylation is 1. The number of hydrogen-bond acceptors (Lipinski definition) is 3. The number of imide groups is 1. The molecule has 1 heterocycles. The van der Waals surface area contributed by atoms with Crippen molar-refractivity contribution in [1.29, 1.82) is 0 Å². The first-order chi connectivity index (χ1) is 11.5. The average Bonchev–Trinajstić information content (AvgIpc) is 2.79. The Morgan fingerprint density at radius 2 is 1.83 bits per heavy atom. The van der Waals surface area contributed by atoms with Gasteiger partial charge >= 0.3 is 6.03 Å². The van der Waals surface area contributed by atoms with Gasteiger partial charge in [-0.1, -0.05) is 48.0 Å². The van der Waals surface area contributed by atoms with Crippen molar-refractivity contribution in [1.82, 2.24) is 5.06 Å². The molecule has 5 nitrogen and oxygen atoms in total. The molecule has 2 aromatic carbocycles. The Labute approximate surface area is 145 Å². The molecular formula is C18H17ClN2O3. The SMILES string of the molecule is Cc1ccc(N2C(=O)N(OCc3ccccc3)C(=O)C2C)cc1Cl. The maximum Gasteiger partial charge on any atom is 0.356 e. The van der Waals surface area contributed by atoms with Crippen molar-refractivity contribution >= 4 is 29.2 Å². The number of anilines is 1. The van der Waals surface area contributed by atoms with E-state index in [1.54, 1.807) is 19.1 Å². The van der Waals surface area contributed by atoms with E-state index < -0.39 is 18.0 Å². The molecule has 0 saturated carbocycles. The van der Waals surface area contributed by atoms with Gasteiger partial charge in [0.05, 0.1) is 0 Å². The summed E-state index contributed by atoms with van der Waals surface area (Å²) in [7, 11) is 0. The van der Waals surface area contributed by atoms with Crippen molar-refractivity contribution in [3.05, 3.63) is 64.7 Å². The minimum Gasteiger partial charge on any atom is -0.280 e.